The minimum atomic E-state index is -0.956. The molecule has 1 N–H and O–H groups in total. The molecule has 0 heterocycles. The van der Waals surface area contributed by atoms with Crippen molar-refractivity contribution in [2.45, 2.75) is 6.61 Å². The molecular weight excluding hydrogens is 332 g/mol. The van der Waals surface area contributed by atoms with E-state index in [0.29, 0.717) is 21.9 Å². The Morgan fingerprint density at radius 2 is 2.05 bits per heavy atom. The third-order valence-electron chi connectivity index (χ3n) is 2.49. The molecule has 19 heavy (non-hydrogen) atoms. The van der Waals surface area contributed by atoms with Crippen molar-refractivity contribution in [3.8, 4) is 5.75 Å². The van der Waals surface area contributed by atoms with Gasteiger partial charge in [0.25, 0.3) is 0 Å². The molecule has 98 valence electrons. The van der Waals surface area contributed by atoms with E-state index in [9.17, 15) is 4.79 Å². The summed E-state index contributed by atoms with van der Waals surface area (Å²) >= 11 is 9.19. The van der Waals surface area contributed by atoms with Gasteiger partial charge >= 0.3 is 5.97 Å². The van der Waals surface area contributed by atoms with E-state index in [-0.39, 0.29) is 5.56 Å². The van der Waals surface area contributed by atoms with Crippen LogP contribution < -0.4 is 4.74 Å². The standard InChI is InChI=1S/C14H10BrClO3/c15-13-6-9(14(17)18)4-5-10(13)8-19-12-3-1-2-11(16)7-12/h1-7H,8H2,(H,17,18). The van der Waals surface area contributed by atoms with Crippen LogP contribution in [0, 0.1) is 0 Å². The van der Waals surface area contributed by atoms with Gasteiger partial charge in [-0.05, 0) is 30.3 Å². The summed E-state index contributed by atoms with van der Waals surface area (Å²) in [4.78, 5) is 10.8. The van der Waals surface area contributed by atoms with Gasteiger partial charge in [-0.1, -0.05) is 39.7 Å². The zero-order chi connectivity index (χ0) is 13.8. The molecule has 0 aliphatic carbocycles. The second-order valence-electron chi connectivity index (χ2n) is 3.86. The molecule has 2 aromatic rings. The molecule has 0 atom stereocenters. The fourth-order valence-electron chi connectivity index (χ4n) is 1.52. The monoisotopic (exact) mass is 340 g/mol. The van der Waals surface area contributed by atoms with Gasteiger partial charge in [-0.25, -0.2) is 4.79 Å². The van der Waals surface area contributed by atoms with E-state index in [0.717, 1.165) is 5.56 Å². The first-order valence-corrected chi connectivity index (χ1v) is 6.63. The summed E-state index contributed by atoms with van der Waals surface area (Å²) in [7, 11) is 0. The van der Waals surface area contributed by atoms with E-state index in [1.165, 1.54) is 0 Å². The van der Waals surface area contributed by atoms with Crippen molar-refractivity contribution in [3.63, 3.8) is 0 Å². The van der Waals surface area contributed by atoms with Crippen molar-refractivity contribution in [1.82, 2.24) is 0 Å². The van der Waals surface area contributed by atoms with Crippen LogP contribution in [0.1, 0.15) is 15.9 Å². The van der Waals surface area contributed by atoms with Crippen molar-refractivity contribution in [1.29, 1.82) is 0 Å². The van der Waals surface area contributed by atoms with E-state index in [1.807, 2.05) is 6.07 Å². The fraction of sp³-hybridized carbons (Fsp3) is 0.0714. The zero-order valence-electron chi connectivity index (χ0n) is 9.77. The Morgan fingerprint density at radius 1 is 1.26 bits per heavy atom. The first-order chi connectivity index (χ1) is 9.06. The Bertz CT molecular complexity index is 613. The average molecular weight is 342 g/mol. The Labute approximate surface area is 123 Å². The molecule has 3 nitrogen and oxygen atoms in total. The quantitative estimate of drug-likeness (QED) is 0.897. The average Bonchev–Trinajstić information content (AvgIpc) is 2.37. The summed E-state index contributed by atoms with van der Waals surface area (Å²) in [6.07, 6.45) is 0. The fourth-order valence-corrected chi connectivity index (χ4v) is 2.19. The van der Waals surface area contributed by atoms with Crippen LogP contribution in [0.2, 0.25) is 5.02 Å². The van der Waals surface area contributed by atoms with Gasteiger partial charge in [0.15, 0.2) is 0 Å². The number of benzene rings is 2. The Hall–Kier alpha value is -1.52. The van der Waals surface area contributed by atoms with E-state index < -0.39 is 5.97 Å². The lowest BCUT2D eigenvalue weighted by atomic mass is 10.1. The normalized spacial score (nSPS) is 10.2. The van der Waals surface area contributed by atoms with E-state index >= 15 is 0 Å². The molecule has 0 aromatic heterocycles. The number of carboxylic acid groups (broad SMARTS) is 1. The Balaban J connectivity index is 2.10. The number of halogens is 2. The van der Waals surface area contributed by atoms with Crippen LogP contribution in [0.25, 0.3) is 0 Å². The predicted octanol–water partition coefficient (Wildman–Crippen LogP) is 4.38. The molecule has 0 saturated heterocycles. The van der Waals surface area contributed by atoms with Crippen LogP contribution in [0.5, 0.6) is 5.75 Å². The predicted molar refractivity (Wildman–Crippen MR) is 76.9 cm³/mol. The SMILES string of the molecule is O=C(O)c1ccc(COc2cccc(Cl)c2)c(Br)c1. The first-order valence-electron chi connectivity index (χ1n) is 5.46. The second kappa shape index (κ2) is 6.08. The molecule has 2 rings (SSSR count). The lowest BCUT2D eigenvalue weighted by Gasteiger charge is -2.08. The summed E-state index contributed by atoms with van der Waals surface area (Å²) < 4.78 is 6.30. The van der Waals surface area contributed by atoms with Gasteiger partial charge in [0.1, 0.15) is 12.4 Å². The van der Waals surface area contributed by atoms with Crippen molar-refractivity contribution in [3.05, 3.63) is 63.1 Å². The molecule has 0 bridgehead atoms. The highest BCUT2D eigenvalue weighted by Gasteiger charge is 2.07. The summed E-state index contributed by atoms with van der Waals surface area (Å²) in [6.45, 7) is 0.334. The van der Waals surface area contributed by atoms with Crippen LogP contribution >= 0.6 is 27.5 Å². The van der Waals surface area contributed by atoms with E-state index in [2.05, 4.69) is 15.9 Å². The first kappa shape index (κ1) is 13.9. The number of hydrogen-bond donors (Lipinski definition) is 1. The maximum atomic E-state index is 10.8. The summed E-state index contributed by atoms with van der Waals surface area (Å²) in [5.41, 5.74) is 1.10. The zero-order valence-corrected chi connectivity index (χ0v) is 12.1. The Morgan fingerprint density at radius 3 is 2.68 bits per heavy atom. The highest BCUT2D eigenvalue weighted by Crippen LogP contribution is 2.22. The van der Waals surface area contributed by atoms with Crippen LogP contribution in [0.3, 0.4) is 0 Å². The number of rotatable bonds is 4. The van der Waals surface area contributed by atoms with Gasteiger partial charge < -0.3 is 9.84 Å². The van der Waals surface area contributed by atoms with Gasteiger partial charge in [0.2, 0.25) is 0 Å². The van der Waals surface area contributed by atoms with Gasteiger partial charge in [0.05, 0.1) is 5.56 Å². The van der Waals surface area contributed by atoms with Gasteiger partial charge in [-0.2, -0.15) is 0 Å². The molecule has 2 aromatic carbocycles. The lowest BCUT2D eigenvalue weighted by molar-refractivity contribution is 0.0696. The highest BCUT2D eigenvalue weighted by molar-refractivity contribution is 9.10. The van der Waals surface area contributed by atoms with Crippen molar-refractivity contribution < 1.29 is 14.6 Å². The maximum Gasteiger partial charge on any atom is 0.335 e. The van der Waals surface area contributed by atoms with E-state index in [1.54, 1.807) is 36.4 Å². The lowest BCUT2D eigenvalue weighted by Crippen LogP contribution is -2.00. The number of ether oxygens (including phenoxy) is 1. The highest BCUT2D eigenvalue weighted by atomic mass is 79.9. The van der Waals surface area contributed by atoms with Gasteiger partial charge in [-0.15, -0.1) is 0 Å². The van der Waals surface area contributed by atoms with Crippen molar-refractivity contribution in [2.75, 3.05) is 0 Å². The summed E-state index contributed by atoms with van der Waals surface area (Å²) in [6, 6.07) is 11.9. The topological polar surface area (TPSA) is 46.5 Å². The minimum absolute atomic E-state index is 0.235. The van der Waals surface area contributed by atoms with Gasteiger partial charge in [-0.3, -0.25) is 0 Å². The third-order valence-corrected chi connectivity index (χ3v) is 3.46. The van der Waals surface area contributed by atoms with Crippen LogP contribution in [-0.2, 0) is 6.61 Å². The smallest absolute Gasteiger partial charge is 0.335 e. The van der Waals surface area contributed by atoms with Crippen molar-refractivity contribution in [2.24, 2.45) is 0 Å². The number of carbonyl (C=O) groups is 1. The molecule has 0 radical (unpaired) electrons. The summed E-state index contributed by atoms with van der Waals surface area (Å²) in [5.74, 6) is -0.287. The molecular formula is C14H10BrClO3. The minimum Gasteiger partial charge on any atom is -0.489 e. The Kier molecular flexibility index (Phi) is 4.45. The van der Waals surface area contributed by atoms with Crippen LogP contribution in [0.4, 0.5) is 0 Å². The number of carboxylic acids is 1. The van der Waals surface area contributed by atoms with Crippen LogP contribution in [-0.4, -0.2) is 11.1 Å². The molecule has 0 fully saturated rings. The van der Waals surface area contributed by atoms with Crippen molar-refractivity contribution >= 4 is 33.5 Å². The number of aromatic carboxylic acids is 1. The largest absolute Gasteiger partial charge is 0.489 e. The number of hydrogen-bond acceptors (Lipinski definition) is 2. The maximum absolute atomic E-state index is 10.8. The second-order valence-corrected chi connectivity index (χ2v) is 5.15. The molecule has 0 amide bonds. The molecule has 0 spiro atoms. The summed E-state index contributed by atoms with van der Waals surface area (Å²) in [5, 5.41) is 9.48. The molecule has 0 aliphatic rings. The van der Waals surface area contributed by atoms with E-state index in [4.69, 9.17) is 21.4 Å². The van der Waals surface area contributed by atoms with Gasteiger partial charge in [0, 0.05) is 15.1 Å². The molecule has 0 aliphatic heterocycles. The molecule has 0 unspecified atom stereocenters. The molecule has 0 saturated carbocycles. The third kappa shape index (κ3) is 3.72. The molecule has 5 heteroatoms. The van der Waals surface area contributed by atoms with Crippen LogP contribution in [0.15, 0.2) is 46.9 Å².